The van der Waals surface area contributed by atoms with E-state index in [2.05, 4.69) is 4.98 Å². The fourth-order valence-corrected chi connectivity index (χ4v) is 3.48. The lowest BCUT2D eigenvalue weighted by Gasteiger charge is -2.37. The van der Waals surface area contributed by atoms with Crippen molar-refractivity contribution in [3.05, 3.63) is 59.4 Å². The van der Waals surface area contributed by atoms with E-state index in [0.717, 1.165) is 11.6 Å². The highest BCUT2D eigenvalue weighted by Crippen LogP contribution is 2.30. The van der Waals surface area contributed by atoms with E-state index in [4.69, 9.17) is 4.74 Å². The molecule has 0 aliphatic carbocycles. The van der Waals surface area contributed by atoms with Crippen molar-refractivity contribution in [3.8, 4) is 0 Å². The fourth-order valence-electron chi connectivity index (χ4n) is 3.48. The molecule has 1 aromatic heterocycles. The van der Waals surface area contributed by atoms with Gasteiger partial charge in [-0.2, -0.15) is 13.2 Å². The molecule has 4 rings (SSSR count). The van der Waals surface area contributed by atoms with E-state index in [9.17, 15) is 23.1 Å². The number of aromatic nitrogens is 1. The molecule has 29 heavy (non-hydrogen) atoms. The zero-order chi connectivity index (χ0) is 20.6. The highest BCUT2D eigenvalue weighted by Gasteiger charge is 2.38. The first-order chi connectivity index (χ1) is 13.8. The summed E-state index contributed by atoms with van der Waals surface area (Å²) in [7, 11) is 0. The molecule has 2 aromatic rings. The van der Waals surface area contributed by atoms with Gasteiger partial charge in [0.2, 0.25) is 0 Å². The summed E-state index contributed by atoms with van der Waals surface area (Å²) >= 11 is 0. The number of nitrogens with zero attached hydrogens (tertiary/aromatic N) is 3. The highest BCUT2D eigenvalue weighted by atomic mass is 19.4. The fraction of sp³-hybridized carbons (Fsp3) is 0.400. The lowest BCUT2D eigenvalue weighted by Crippen LogP contribution is -2.49. The Labute approximate surface area is 165 Å². The number of anilines is 1. The Balaban J connectivity index is 1.36. The molecule has 1 amide bonds. The van der Waals surface area contributed by atoms with Crippen LogP contribution in [-0.2, 0) is 16.5 Å². The molecule has 0 bridgehead atoms. The van der Waals surface area contributed by atoms with Crippen molar-refractivity contribution in [3.63, 3.8) is 0 Å². The third-order valence-electron chi connectivity index (χ3n) is 5.32. The van der Waals surface area contributed by atoms with Gasteiger partial charge < -0.3 is 19.6 Å². The molecule has 0 spiro atoms. The molecule has 0 radical (unpaired) electrons. The van der Waals surface area contributed by atoms with Crippen LogP contribution in [0.2, 0.25) is 0 Å². The Bertz CT molecular complexity index is 873. The van der Waals surface area contributed by atoms with Gasteiger partial charge in [0.1, 0.15) is 11.3 Å². The van der Waals surface area contributed by atoms with Crippen molar-refractivity contribution in [1.82, 2.24) is 9.88 Å². The Morgan fingerprint density at radius 3 is 2.17 bits per heavy atom. The summed E-state index contributed by atoms with van der Waals surface area (Å²) < 4.78 is 43.0. The van der Waals surface area contributed by atoms with Crippen LogP contribution in [-0.4, -0.2) is 60.3 Å². The normalized spacial score (nSPS) is 19.0. The maximum Gasteiger partial charge on any atom is 0.433 e. The van der Waals surface area contributed by atoms with Crippen LogP contribution < -0.4 is 4.90 Å². The number of piperazine rings is 1. The highest BCUT2D eigenvalue weighted by molar-refractivity contribution is 5.94. The third kappa shape index (κ3) is 3.92. The third-order valence-corrected chi connectivity index (χ3v) is 5.32. The van der Waals surface area contributed by atoms with Crippen molar-refractivity contribution >= 4 is 11.6 Å². The number of ether oxygens (including phenoxy) is 1. The Kier molecular flexibility index (Phi) is 4.95. The van der Waals surface area contributed by atoms with Crippen LogP contribution in [0.5, 0.6) is 0 Å². The molecular formula is C20H20F3N3O3. The largest absolute Gasteiger partial charge is 0.433 e. The van der Waals surface area contributed by atoms with E-state index in [1.807, 2.05) is 4.90 Å². The molecule has 9 heteroatoms. The van der Waals surface area contributed by atoms with Gasteiger partial charge in [-0.05, 0) is 29.8 Å². The molecule has 2 saturated heterocycles. The van der Waals surface area contributed by atoms with E-state index in [0.29, 0.717) is 37.4 Å². The van der Waals surface area contributed by atoms with Crippen molar-refractivity contribution in [2.75, 3.05) is 44.3 Å². The number of aliphatic hydroxyl groups is 1. The Hall–Kier alpha value is -2.65. The average molecular weight is 407 g/mol. The second-order valence-electron chi connectivity index (χ2n) is 7.28. The lowest BCUT2D eigenvalue weighted by atomic mass is 9.91. The molecule has 3 heterocycles. The molecule has 0 atom stereocenters. The minimum atomic E-state index is -4.46. The van der Waals surface area contributed by atoms with Gasteiger partial charge in [-0.25, -0.2) is 4.98 Å². The van der Waals surface area contributed by atoms with Gasteiger partial charge in [0.15, 0.2) is 0 Å². The molecule has 2 aliphatic heterocycles. The van der Waals surface area contributed by atoms with Crippen molar-refractivity contribution in [2.45, 2.75) is 11.8 Å². The predicted octanol–water partition coefficient (Wildman–Crippen LogP) is 2.28. The van der Waals surface area contributed by atoms with Crippen LogP contribution in [0, 0.1) is 0 Å². The van der Waals surface area contributed by atoms with Crippen LogP contribution in [0.25, 0.3) is 0 Å². The maximum atomic E-state index is 12.7. The standard InChI is InChI=1S/C20H20F3N3O3/c21-20(22,23)17-6-5-16(11-24-17)25-7-9-26(10-8-25)18(27)14-1-3-15(4-2-14)19(28)12-29-13-19/h1-6,11,28H,7-10,12-13H2. The van der Waals surface area contributed by atoms with Gasteiger partial charge in [-0.1, -0.05) is 12.1 Å². The summed E-state index contributed by atoms with van der Waals surface area (Å²) in [6.45, 7) is 2.43. The molecule has 2 fully saturated rings. The van der Waals surface area contributed by atoms with Crippen molar-refractivity contribution < 1.29 is 27.8 Å². The number of hydrogen-bond acceptors (Lipinski definition) is 5. The summed E-state index contributed by atoms with van der Waals surface area (Å²) in [5.41, 5.74) is -0.0349. The summed E-state index contributed by atoms with van der Waals surface area (Å²) in [5, 5.41) is 10.3. The van der Waals surface area contributed by atoms with Crippen LogP contribution >= 0.6 is 0 Å². The molecule has 1 aromatic carbocycles. The van der Waals surface area contributed by atoms with Gasteiger partial charge in [-0.15, -0.1) is 0 Å². The monoisotopic (exact) mass is 407 g/mol. The second kappa shape index (κ2) is 7.31. The second-order valence-corrected chi connectivity index (χ2v) is 7.28. The van der Waals surface area contributed by atoms with Crippen molar-refractivity contribution in [1.29, 1.82) is 0 Å². The number of alkyl halides is 3. The first-order valence-electron chi connectivity index (χ1n) is 9.24. The molecular weight excluding hydrogens is 387 g/mol. The Morgan fingerprint density at radius 2 is 1.69 bits per heavy atom. The lowest BCUT2D eigenvalue weighted by molar-refractivity contribution is -0.184. The van der Waals surface area contributed by atoms with Gasteiger partial charge in [0.25, 0.3) is 5.91 Å². The zero-order valence-electron chi connectivity index (χ0n) is 15.5. The summed E-state index contributed by atoms with van der Waals surface area (Å²) in [6.07, 6.45) is -3.24. The van der Waals surface area contributed by atoms with Gasteiger partial charge in [-0.3, -0.25) is 4.79 Å². The quantitative estimate of drug-likeness (QED) is 0.846. The smallest absolute Gasteiger partial charge is 0.380 e. The maximum absolute atomic E-state index is 12.7. The number of carbonyl (C=O) groups excluding carboxylic acids is 1. The minimum Gasteiger partial charge on any atom is -0.380 e. The number of amides is 1. The average Bonchev–Trinajstić information content (AvgIpc) is 2.71. The Morgan fingerprint density at radius 1 is 1.03 bits per heavy atom. The summed E-state index contributed by atoms with van der Waals surface area (Å²) in [6, 6.07) is 9.23. The molecule has 154 valence electrons. The molecule has 6 nitrogen and oxygen atoms in total. The zero-order valence-corrected chi connectivity index (χ0v) is 15.5. The number of halogens is 3. The number of rotatable bonds is 3. The van der Waals surface area contributed by atoms with Gasteiger partial charge in [0, 0.05) is 31.7 Å². The van der Waals surface area contributed by atoms with E-state index in [1.165, 1.54) is 12.3 Å². The number of benzene rings is 1. The molecule has 0 unspecified atom stereocenters. The van der Waals surface area contributed by atoms with Crippen LogP contribution in [0.3, 0.4) is 0 Å². The minimum absolute atomic E-state index is 0.112. The number of hydrogen-bond donors (Lipinski definition) is 1. The van der Waals surface area contributed by atoms with Crippen LogP contribution in [0.4, 0.5) is 18.9 Å². The molecule has 0 saturated carbocycles. The molecule has 2 aliphatic rings. The van der Waals surface area contributed by atoms with Crippen LogP contribution in [0.15, 0.2) is 42.6 Å². The van der Waals surface area contributed by atoms with Crippen LogP contribution in [0.1, 0.15) is 21.6 Å². The topological polar surface area (TPSA) is 65.9 Å². The number of pyridine rings is 1. The summed E-state index contributed by atoms with van der Waals surface area (Å²) in [4.78, 5) is 19.8. The van der Waals surface area contributed by atoms with Crippen molar-refractivity contribution in [2.24, 2.45) is 0 Å². The van der Waals surface area contributed by atoms with E-state index in [-0.39, 0.29) is 19.1 Å². The van der Waals surface area contributed by atoms with E-state index in [1.54, 1.807) is 29.2 Å². The first kappa shape index (κ1) is 19.7. The SMILES string of the molecule is O=C(c1ccc(C2(O)COC2)cc1)N1CCN(c2ccc(C(F)(F)F)nc2)CC1. The summed E-state index contributed by atoms with van der Waals surface area (Å²) in [5.74, 6) is -0.112. The van der Waals surface area contributed by atoms with Gasteiger partial charge in [0.05, 0.1) is 25.1 Å². The first-order valence-corrected chi connectivity index (χ1v) is 9.24. The van der Waals surface area contributed by atoms with Gasteiger partial charge >= 0.3 is 6.18 Å². The predicted molar refractivity (Wildman–Crippen MR) is 98.5 cm³/mol. The van der Waals surface area contributed by atoms with E-state index < -0.39 is 17.5 Å². The molecule has 1 N–H and O–H groups in total. The number of carbonyl (C=O) groups is 1. The van der Waals surface area contributed by atoms with E-state index >= 15 is 0 Å².